The summed E-state index contributed by atoms with van der Waals surface area (Å²) in [6.07, 6.45) is 4.80. The molecule has 4 nitrogen and oxygen atoms in total. The highest BCUT2D eigenvalue weighted by Gasteiger charge is 2.53. The molecule has 6 heteroatoms. The highest BCUT2D eigenvalue weighted by molar-refractivity contribution is 7.61. The van der Waals surface area contributed by atoms with Crippen molar-refractivity contribution < 1.29 is 19.1 Å². The molecule has 178 valence electrons. The number of Topliss-reactive ketones (excluding diaryl/α,β-unsaturated/α-hetero) is 2. The third kappa shape index (κ3) is 5.45. The molecule has 0 unspecified atom stereocenters. The highest BCUT2D eigenvalue weighted by atomic mass is 31.1. The fourth-order valence-corrected chi connectivity index (χ4v) is 14.7. The van der Waals surface area contributed by atoms with Gasteiger partial charge in [-0.1, -0.05) is 71.2 Å². The van der Waals surface area contributed by atoms with Gasteiger partial charge >= 0.3 is 0 Å². The summed E-state index contributed by atoms with van der Waals surface area (Å²) in [4.78, 5) is 24.8. The number of hydrogen-bond acceptors (Lipinski definition) is 4. The first-order valence-electron chi connectivity index (χ1n) is 11.8. The third-order valence-corrected chi connectivity index (χ3v) is 15.4. The quantitative estimate of drug-likeness (QED) is 0.452. The Bertz CT molecular complexity index is 638. The van der Waals surface area contributed by atoms with Gasteiger partial charge < -0.3 is 9.47 Å². The average molecular weight is 471 g/mol. The molecule has 0 aromatic heterocycles. The largest absolute Gasteiger partial charge is 0.344 e. The molecule has 3 heterocycles. The van der Waals surface area contributed by atoms with Crippen LogP contribution in [0.1, 0.15) is 94.9 Å². The first-order valence-corrected chi connectivity index (χ1v) is 14.8. The van der Waals surface area contributed by atoms with E-state index in [4.69, 9.17) is 9.47 Å². The predicted octanol–water partition coefficient (Wildman–Crippen LogP) is 6.31. The number of ether oxygens (including phenoxy) is 2. The van der Waals surface area contributed by atoms with E-state index in [0.717, 1.165) is 12.3 Å². The van der Waals surface area contributed by atoms with Gasteiger partial charge in [-0.2, -0.15) is 0 Å². The monoisotopic (exact) mass is 470 g/mol. The van der Waals surface area contributed by atoms with E-state index in [2.05, 4.69) is 55.4 Å². The van der Waals surface area contributed by atoms with Gasteiger partial charge in [-0.3, -0.25) is 9.59 Å². The molecule has 3 aliphatic rings. The van der Waals surface area contributed by atoms with E-state index in [1.807, 2.05) is 13.8 Å². The Kier molecular flexibility index (Phi) is 6.73. The second kappa shape index (κ2) is 8.11. The Morgan fingerprint density at radius 3 is 1.13 bits per heavy atom. The SMILES string of the molecule is CC1(C)O[C@@H](CP2C(C)(C)CC(=O)CC2(C)C)[C@H](CP2C(C)(C)CC(=O)CC2(C)C)O1. The molecule has 31 heavy (non-hydrogen) atoms. The van der Waals surface area contributed by atoms with E-state index in [0.29, 0.717) is 37.2 Å². The van der Waals surface area contributed by atoms with E-state index in [9.17, 15) is 9.59 Å². The molecule has 3 rings (SSSR count). The molecule has 0 saturated carbocycles. The maximum atomic E-state index is 12.4. The fraction of sp³-hybridized carbons (Fsp3) is 0.920. The van der Waals surface area contributed by atoms with Crippen LogP contribution in [0, 0.1) is 0 Å². The molecule has 0 aromatic carbocycles. The van der Waals surface area contributed by atoms with Crippen LogP contribution < -0.4 is 0 Å². The third-order valence-electron chi connectivity index (χ3n) is 7.45. The van der Waals surface area contributed by atoms with Gasteiger partial charge in [0.05, 0.1) is 12.2 Å². The number of ketones is 2. The second-order valence-electron chi connectivity index (χ2n) is 13.0. The van der Waals surface area contributed by atoms with Crippen molar-refractivity contribution in [2.75, 3.05) is 12.3 Å². The Morgan fingerprint density at radius 2 is 0.871 bits per heavy atom. The summed E-state index contributed by atoms with van der Waals surface area (Å²) in [5.41, 5.74) is 0. The minimum Gasteiger partial charge on any atom is -0.344 e. The van der Waals surface area contributed by atoms with Crippen molar-refractivity contribution in [3.63, 3.8) is 0 Å². The zero-order valence-electron chi connectivity index (χ0n) is 21.4. The first kappa shape index (κ1) is 25.7. The molecule has 3 saturated heterocycles. The maximum absolute atomic E-state index is 12.4. The van der Waals surface area contributed by atoms with Gasteiger partial charge in [0.15, 0.2) is 5.79 Å². The summed E-state index contributed by atoms with van der Waals surface area (Å²) in [7, 11) is -0.829. The fourth-order valence-electron chi connectivity index (χ4n) is 6.64. The van der Waals surface area contributed by atoms with Crippen LogP contribution in [0.3, 0.4) is 0 Å². The van der Waals surface area contributed by atoms with E-state index in [-0.39, 0.29) is 32.8 Å². The van der Waals surface area contributed by atoms with Crippen molar-refractivity contribution in [1.29, 1.82) is 0 Å². The van der Waals surface area contributed by atoms with Crippen LogP contribution in [0.15, 0.2) is 0 Å². The molecule has 0 spiro atoms. The lowest BCUT2D eigenvalue weighted by molar-refractivity contribution is -0.143. The lowest BCUT2D eigenvalue weighted by Crippen LogP contribution is -2.45. The molecule has 0 aliphatic carbocycles. The molecule has 0 N–H and O–H groups in total. The van der Waals surface area contributed by atoms with Gasteiger partial charge in [0.25, 0.3) is 0 Å². The molecular formula is C25H44O4P2. The Hall–Kier alpha value is 0.120. The van der Waals surface area contributed by atoms with Crippen LogP contribution in [0.2, 0.25) is 0 Å². The summed E-state index contributed by atoms with van der Waals surface area (Å²) >= 11 is 0. The number of rotatable bonds is 4. The van der Waals surface area contributed by atoms with Crippen molar-refractivity contribution in [3.8, 4) is 0 Å². The lowest BCUT2D eigenvalue weighted by Gasteiger charge is -2.51. The van der Waals surface area contributed by atoms with Gasteiger partial charge in [-0.05, 0) is 46.8 Å². The van der Waals surface area contributed by atoms with E-state index < -0.39 is 21.6 Å². The number of carbonyl (C=O) groups excluding carboxylic acids is 2. The number of hydrogen-bond donors (Lipinski definition) is 0. The van der Waals surface area contributed by atoms with Crippen molar-refractivity contribution in [3.05, 3.63) is 0 Å². The second-order valence-corrected chi connectivity index (χ2v) is 20.3. The summed E-state index contributed by atoms with van der Waals surface area (Å²) in [5.74, 6) is 0.209. The number of carbonyl (C=O) groups is 2. The van der Waals surface area contributed by atoms with Crippen molar-refractivity contribution in [2.24, 2.45) is 0 Å². The molecule has 3 aliphatic heterocycles. The summed E-state index contributed by atoms with van der Waals surface area (Å²) in [6, 6.07) is 0. The molecule has 0 aromatic rings. The van der Waals surface area contributed by atoms with Crippen LogP contribution in [0.5, 0.6) is 0 Å². The summed E-state index contributed by atoms with van der Waals surface area (Å²) in [5, 5.41) is 0.0950. The van der Waals surface area contributed by atoms with Gasteiger partial charge in [-0.25, -0.2) is 0 Å². The zero-order valence-corrected chi connectivity index (χ0v) is 23.2. The molecule has 0 bridgehead atoms. The van der Waals surface area contributed by atoms with Crippen molar-refractivity contribution >= 4 is 27.4 Å². The minimum atomic E-state index is -0.584. The predicted molar refractivity (Wildman–Crippen MR) is 132 cm³/mol. The summed E-state index contributed by atoms with van der Waals surface area (Å²) in [6.45, 7) is 22.3. The molecule has 2 atom stereocenters. The smallest absolute Gasteiger partial charge is 0.163 e. The zero-order chi connectivity index (χ0) is 23.6. The average Bonchev–Trinajstić information content (AvgIpc) is 2.78. The minimum absolute atomic E-state index is 0.0238. The molecule has 0 radical (unpaired) electrons. The first-order chi connectivity index (χ1) is 13.8. The molecule has 0 amide bonds. The maximum Gasteiger partial charge on any atom is 0.163 e. The van der Waals surface area contributed by atoms with Crippen molar-refractivity contribution in [1.82, 2.24) is 0 Å². The Labute approximate surface area is 192 Å². The topological polar surface area (TPSA) is 52.6 Å². The van der Waals surface area contributed by atoms with Crippen molar-refractivity contribution in [2.45, 2.75) is 134 Å². The molecule has 3 fully saturated rings. The summed E-state index contributed by atoms with van der Waals surface area (Å²) < 4.78 is 13.1. The normalized spacial score (nSPS) is 34.8. The van der Waals surface area contributed by atoms with Crippen LogP contribution in [0.4, 0.5) is 0 Å². The van der Waals surface area contributed by atoms with Gasteiger partial charge in [-0.15, -0.1) is 0 Å². The molecular weight excluding hydrogens is 426 g/mol. The van der Waals surface area contributed by atoms with Crippen LogP contribution in [0.25, 0.3) is 0 Å². The van der Waals surface area contributed by atoms with Gasteiger partial charge in [0.2, 0.25) is 0 Å². The van der Waals surface area contributed by atoms with Crippen LogP contribution in [-0.2, 0) is 19.1 Å². The lowest BCUT2D eigenvalue weighted by atomic mass is 9.96. The van der Waals surface area contributed by atoms with Crippen LogP contribution >= 0.6 is 15.8 Å². The highest BCUT2D eigenvalue weighted by Crippen LogP contribution is 2.68. The van der Waals surface area contributed by atoms with Gasteiger partial charge in [0.1, 0.15) is 11.6 Å². The standard InChI is InChI=1S/C25H44O4P2/c1-21(2)11-17(26)12-22(3,4)30(21)15-19-20(29-25(9,10)28-19)16-31-23(5,6)13-18(27)14-24(31,7)8/h19-20H,11-16H2,1-10H3/t19-,20-/m0/s1. The Morgan fingerprint density at radius 1 is 0.613 bits per heavy atom. The Balaban J connectivity index is 1.85. The van der Waals surface area contributed by atoms with Gasteiger partial charge in [0, 0.05) is 25.7 Å². The van der Waals surface area contributed by atoms with Crippen LogP contribution in [-0.4, -0.2) is 62.5 Å². The van der Waals surface area contributed by atoms with E-state index in [1.54, 1.807) is 0 Å². The van der Waals surface area contributed by atoms with E-state index >= 15 is 0 Å². The van der Waals surface area contributed by atoms with E-state index in [1.165, 1.54) is 0 Å².